The van der Waals surface area contributed by atoms with E-state index in [0.29, 0.717) is 6.42 Å². The summed E-state index contributed by atoms with van der Waals surface area (Å²) >= 11 is 0. The van der Waals surface area contributed by atoms with Gasteiger partial charge in [0.15, 0.2) is 0 Å². The molecular weight excluding hydrogens is 374 g/mol. The molecule has 104 valence electrons. The van der Waals surface area contributed by atoms with Gasteiger partial charge >= 0.3 is 0 Å². The zero-order valence-corrected chi connectivity index (χ0v) is 18.4. The molecule has 0 aliphatic carbocycles. The van der Waals surface area contributed by atoms with Gasteiger partial charge in [0.25, 0.3) is 0 Å². The quantitative estimate of drug-likeness (QED) is 0.386. The normalized spacial score (nSPS) is 8.72. The van der Waals surface area contributed by atoms with Gasteiger partial charge in [-0.2, -0.15) is 12.8 Å². The predicted octanol–water partition coefficient (Wildman–Crippen LogP) is 5.10. The van der Waals surface area contributed by atoms with Gasteiger partial charge < -0.3 is 11.7 Å². The van der Waals surface area contributed by atoms with Crippen LogP contribution in [-0.4, -0.2) is 6.29 Å². The third kappa shape index (κ3) is 36.1. The summed E-state index contributed by atoms with van der Waals surface area (Å²) in [7, 11) is 0. The molecule has 0 aromatic heterocycles. The van der Waals surface area contributed by atoms with E-state index in [2.05, 4.69) is 27.7 Å². The van der Waals surface area contributed by atoms with Crippen molar-refractivity contribution in [3.63, 3.8) is 0 Å². The Kier molecular flexibility index (Phi) is 42.6. The molecule has 0 N–H and O–H groups in total. The van der Waals surface area contributed by atoms with Crippen LogP contribution in [0.5, 0.6) is 0 Å². The van der Waals surface area contributed by atoms with Crippen LogP contribution in [0.25, 0.3) is 0 Å². The second kappa shape index (κ2) is 27.3. The van der Waals surface area contributed by atoms with Crippen molar-refractivity contribution in [1.82, 2.24) is 0 Å². The average Bonchev–Trinajstić information content (AvgIpc) is 2.26. The predicted molar refractivity (Wildman–Crippen MR) is 73.1 cm³/mol. The van der Waals surface area contributed by atoms with E-state index in [-0.39, 0.29) is 65.4 Å². The minimum atomic E-state index is 0. The summed E-state index contributed by atoms with van der Waals surface area (Å²) in [5.41, 5.74) is 0. The van der Waals surface area contributed by atoms with Gasteiger partial charge in [-0.25, -0.2) is 0 Å². The summed E-state index contributed by atoms with van der Waals surface area (Å²) in [5.74, 6) is 0.884. The molecular formula is C15H30OY2-2. The molecule has 3 heteroatoms. The van der Waals surface area contributed by atoms with Gasteiger partial charge in [-0.1, -0.05) is 65.7 Å². The summed E-state index contributed by atoms with van der Waals surface area (Å²) in [4.78, 5) is 9.55. The third-order valence-corrected chi connectivity index (χ3v) is 2.41. The van der Waals surface area contributed by atoms with Gasteiger partial charge in [0.1, 0.15) is 0 Å². The largest absolute Gasteiger partial charge is 0.542 e. The smallest absolute Gasteiger partial charge is 0 e. The SMILES string of the molecule is CCCCC[C-]=O.[CH2-]CCCCCC(C)C.[Y].[Y]. The van der Waals surface area contributed by atoms with E-state index < -0.39 is 0 Å². The molecule has 0 aromatic rings. The Bertz CT molecular complexity index is 128. The van der Waals surface area contributed by atoms with E-state index in [1.54, 1.807) is 0 Å². The van der Waals surface area contributed by atoms with E-state index in [1.165, 1.54) is 32.1 Å². The molecule has 0 bridgehead atoms. The summed E-state index contributed by atoms with van der Waals surface area (Å²) in [5, 5.41) is 0. The topological polar surface area (TPSA) is 17.1 Å². The van der Waals surface area contributed by atoms with Crippen LogP contribution >= 0.6 is 0 Å². The molecule has 0 spiro atoms. The van der Waals surface area contributed by atoms with Crippen molar-refractivity contribution in [2.45, 2.75) is 78.6 Å². The summed E-state index contributed by atoms with van der Waals surface area (Å²) in [6.07, 6.45) is 12.4. The van der Waals surface area contributed by atoms with Crippen molar-refractivity contribution in [1.29, 1.82) is 0 Å². The van der Waals surface area contributed by atoms with Crippen LogP contribution in [-0.2, 0) is 70.2 Å². The van der Waals surface area contributed by atoms with Gasteiger partial charge in [-0.3, -0.25) is 6.29 Å². The Hall–Kier alpha value is 1.88. The maximum atomic E-state index is 9.55. The first-order chi connectivity index (χ1) is 7.68. The molecule has 0 aliphatic heterocycles. The second-order valence-corrected chi connectivity index (χ2v) is 4.70. The molecule has 1 nitrogen and oxygen atoms in total. The van der Waals surface area contributed by atoms with E-state index in [4.69, 9.17) is 0 Å². The van der Waals surface area contributed by atoms with Crippen molar-refractivity contribution in [2.75, 3.05) is 0 Å². The van der Waals surface area contributed by atoms with Crippen LogP contribution in [0.3, 0.4) is 0 Å². The molecule has 0 saturated heterocycles. The Morgan fingerprint density at radius 3 is 2.00 bits per heavy atom. The number of unbranched alkanes of at least 4 members (excludes halogenated alkanes) is 6. The first-order valence-electron chi connectivity index (χ1n) is 6.83. The fourth-order valence-corrected chi connectivity index (χ4v) is 1.35. The van der Waals surface area contributed by atoms with Crippen molar-refractivity contribution in [2.24, 2.45) is 5.92 Å². The molecule has 0 atom stereocenters. The van der Waals surface area contributed by atoms with E-state index in [0.717, 1.165) is 25.2 Å². The van der Waals surface area contributed by atoms with Crippen LogP contribution in [0.15, 0.2) is 0 Å². The molecule has 0 amide bonds. The Balaban J connectivity index is -0.000000100. The van der Waals surface area contributed by atoms with E-state index >= 15 is 0 Å². The minimum Gasteiger partial charge on any atom is -0.542 e. The number of hydrogen-bond acceptors (Lipinski definition) is 1. The first kappa shape index (κ1) is 28.1. The molecule has 0 aromatic carbocycles. The monoisotopic (exact) mass is 404 g/mol. The molecule has 2 radical (unpaired) electrons. The Labute approximate surface area is 166 Å². The van der Waals surface area contributed by atoms with E-state index in [1.807, 2.05) is 6.29 Å². The zero-order chi connectivity index (χ0) is 12.6. The third-order valence-electron chi connectivity index (χ3n) is 2.41. The van der Waals surface area contributed by atoms with Crippen LogP contribution in [0.2, 0.25) is 0 Å². The molecule has 0 saturated carbocycles. The molecule has 18 heavy (non-hydrogen) atoms. The van der Waals surface area contributed by atoms with Crippen molar-refractivity contribution in [3.05, 3.63) is 6.92 Å². The molecule has 0 heterocycles. The molecule has 0 unspecified atom stereocenters. The molecule has 0 rings (SSSR count). The first-order valence-corrected chi connectivity index (χ1v) is 6.83. The second-order valence-electron chi connectivity index (χ2n) is 4.70. The standard InChI is InChI=1S/C9H19.C6H11O.2Y/c1-4-5-6-7-8-9(2)3;1-2-3-4-5-6-7;;/h9H,1,4-8H2,2-3H3;2-5H2,1H3;;/q2*-1;;. The number of hydrogen-bond donors (Lipinski definition) is 0. The van der Waals surface area contributed by atoms with Crippen molar-refractivity contribution < 1.29 is 70.2 Å². The van der Waals surface area contributed by atoms with Crippen LogP contribution in [0.1, 0.15) is 78.6 Å². The van der Waals surface area contributed by atoms with Gasteiger partial charge in [0, 0.05) is 65.4 Å². The molecule has 0 aliphatic rings. The Morgan fingerprint density at radius 2 is 1.61 bits per heavy atom. The zero-order valence-electron chi connectivity index (χ0n) is 12.7. The Morgan fingerprint density at radius 1 is 1.00 bits per heavy atom. The summed E-state index contributed by atoms with van der Waals surface area (Å²) < 4.78 is 0. The fraction of sp³-hybridized carbons (Fsp3) is 0.867. The van der Waals surface area contributed by atoms with Gasteiger partial charge in [0.05, 0.1) is 0 Å². The number of carbonyl (C=O) groups excluding carboxylic acids is 1. The van der Waals surface area contributed by atoms with Crippen molar-refractivity contribution >= 4 is 6.29 Å². The molecule has 0 fully saturated rings. The average molecular weight is 404 g/mol. The van der Waals surface area contributed by atoms with Crippen LogP contribution in [0, 0.1) is 12.8 Å². The summed E-state index contributed by atoms with van der Waals surface area (Å²) in [6, 6.07) is 0. The van der Waals surface area contributed by atoms with Crippen LogP contribution < -0.4 is 0 Å². The van der Waals surface area contributed by atoms with Gasteiger partial charge in [-0.05, 0) is 5.92 Å². The van der Waals surface area contributed by atoms with Gasteiger partial charge in [-0.15, -0.1) is 0 Å². The minimum absolute atomic E-state index is 0. The van der Waals surface area contributed by atoms with Crippen LogP contribution in [0.4, 0.5) is 0 Å². The number of rotatable bonds is 9. The van der Waals surface area contributed by atoms with Gasteiger partial charge in [0.2, 0.25) is 0 Å². The fourth-order valence-electron chi connectivity index (χ4n) is 1.35. The maximum absolute atomic E-state index is 9.55. The maximum Gasteiger partial charge on any atom is 0 e. The summed E-state index contributed by atoms with van der Waals surface area (Å²) in [6.45, 7) is 10.5. The van der Waals surface area contributed by atoms with E-state index in [9.17, 15) is 4.79 Å². The van der Waals surface area contributed by atoms with Crippen molar-refractivity contribution in [3.8, 4) is 0 Å².